The highest BCUT2D eigenvalue weighted by Gasteiger charge is 2.13. The van der Waals surface area contributed by atoms with E-state index in [1.807, 2.05) is 66.7 Å². The van der Waals surface area contributed by atoms with Gasteiger partial charge < -0.3 is 5.11 Å². The normalized spacial score (nSPS) is 10.4. The molecule has 0 spiro atoms. The van der Waals surface area contributed by atoms with Gasteiger partial charge in [0.05, 0.1) is 18.0 Å². The number of hydrogen-bond acceptors (Lipinski definition) is 4. The quantitative estimate of drug-likeness (QED) is 0.565. The molecule has 0 aliphatic heterocycles. The van der Waals surface area contributed by atoms with E-state index in [4.69, 9.17) is 15.1 Å². The van der Waals surface area contributed by atoms with Crippen molar-refractivity contribution >= 4 is 11.2 Å². The van der Waals surface area contributed by atoms with Gasteiger partial charge in [-0.05, 0) is 6.07 Å². The summed E-state index contributed by atoms with van der Waals surface area (Å²) < 4.78 is 0. The highest BCUT2D eigenvalue weighted by atomic mass is 16.2. The third-order valence-corrected chi connectivity index (χ3v) is 4.09. The number of aliphatic hydroxyl groups is 1. The molecule has 0 atom stereocenters. The third kappa shape index (κ3) is 3.69. The number of hydrogen-bond donors (Lipinski definition) is 1. The van der Waals surface area contributed by atoms with Crippen LogP contribution in [0, 0.1) is 11.8 Å². The molecule has 0 radical (unpaired) electrons. The molecule has 0 saturated carbocycles. The van der Waals surface area contributed by atoms with Gasteiger partial charge in [0.25, 0.3) is 0 Å². The van der Waals surface area contributed by atoms with Crippen LogP contribution in [0.25, 0.3) is 33.7 Å². The molecule has 2 heterocycles. The summed E-state index contributed by atoms with van der Waals surface area (Å²) >= 11 is 0. The van der Waals surface area contributed by atoms with Crippen LogP contribution in [0.4, 0.5) is 0 Å². The predicted octanol–water partition coefficient (Wildman–Crippen LogP) is 4.09. The van der Waals surface area contributed by atoms with Crippen LogP contribution in [0.5, 0.6) is 0 Å². The predicted molar refractivity (Wildman–Crippen MR) is 107 cm³/mol. The molecule has 1 N–H and O–H groups in total. The van der Waals surface area contributed by atoms with Crippen molar-refractivity contribution in [2.75, 3.05) is 6.61 Å². The first-order chi connectivity index (χ1) is 13.3. The van der Waals surface area contributed by atoms with E-state index in [-0.39, 0.29) is 6.61 Å². The van der Waals surface area contributed by atoms with Gasteiger partial charge in [0, 0.05) is 29.3 Å². The minimum Gasteiger partial charge on any atom is -0.395 e. The Bertz CT molecular complexity index is 1130. The molecule has 0 amide bonds. The average Bonchev–Trinajstić information content (AvgIpc) is 2.74. The molecule has 2 aromatic heterocycles. The standard InChI is InChI=1S/C23H17N3O/c27-14-8-7-9-17-15-20-23(24-16-17)26-22(19-12-5-2-6-13-19)21(25-20)18-10-3-1-4-11-18/h1-6,10-13,15-16,27H,8,14H2. The highest BCUT2D eigenvalue weighted by molar-refractivity contribution is 5.84. The second kappa shape index (κ2) is 7.77. The van der Waals surface area contributed by atoms with E-state index in [9.17, 15) is 0 Å². The summed E-state index contributed by atoms with van der Waals surface area (Å²) in [6.07, 6.45) is 2.13. The van der Waals surface area contributed by atoms with Crippen molar-refractivity contribution in [3.63, 3.8) is 0 Å². The van der Waals surface area contributed by atoms with Crippen molar-refractivity contribution in [1.82, 2.24) is 15.0 Å². The smallest absolute Gasteiger partial charge is 0.178 e. The lowest BCUT2D eigenvalue weighted by Crippen LogP contribution is -1.97. The zero-order chi connectivity index (χ0) is 18.5. The van der Waals surface area contributed by atoms with E-state index >= 15 is 0 Å². The molecule has 27 heavy (non-hydrogen) atoms. The van der Waals surface area contributed by atoms with Crippen molar-refractivity contribution in [1.29, 1.82) is 0 Å². The van der Waals surface area contributed by atoms with Crippen LogP contribution in [0.15, 0.2) is 72.9 Å². The second-order valence-electron chi connectivity index (χ2n) is 5.99. The van der Waals surface area contributed by atoms with Crippen LogP contribution in [-0.2, 0) is 0 Å². The summed E-state index contributed by atoms with van der Waals surface area (Å²) in [5, 5.41) is 8.88. The average molecular weight is 351 g/mol. The minimum absolute atomic E-state index is 0.0480. The molecule has 0 fully saturated rings. The lowest BCUT2D eigenvalue weighted by molar-refractivity contribution is 0.305. The first-order valence-corrected chi connectivity index (χ1v) is 8.73. The number of aliphatic hydroxyl groups excluding tert-OH is 1. The maximum atomic E-state index is 8.88. The summed E-state index contributed by atoms with van der Waals surface area (Å²) in [5.74, 6) is 5.91. The Hall–Kier alpha value is -3.55. The van der Waals surface area contributed by atoms with Crippen molar-refractivity contribution in [2.45, 2.75) is 6.42 Å². The fourth-order valence-electron chi connectivity index (χ4n) is 2.83. The molecule has 4 nitrogen and oxygen atoms in total. The summed E-state index contributed by atoms with van der Waals surface area (Å²) in [7, 11) is 0. The number of fused-ring (bicyclic) bond motifs is 1. The maximum absolute atomic E-state index is 8.88. The van der Waals surface area contributed by atoms with Crippen LogP contribution >= 0.6 is 0 Å². The largest absolute Gasteiger partial charge is 0.395 e. The maximum Gasteiger partial charge on any atom is 0.178 e. The number of rotatable bonds is 3. The fourth-order valence-corrected chi connectivity index (χ4v) is 2.83. The monoisotopic (exact) mass is 351 g/mol. The fraction of sp³-hybridized carbons (Fsp3) is 0.0870. The Labute approximate surface area is 157 Å². The van der Waals surface area contributed by atoms with Gasteiger partial charge in [0.1, 0.15) is 5.52 Å². The highest BCUT2D eigenvalue weighted by Crippen LogP contribution is 2.30. The van der Waals surface area contributed by atoms with Crippen LogP contribution in [0.1, 0.15) is 12.0 Å². The number of pyridine rings is 1. The lowest BCUT2D eigenvalue weighted by atomic mass is 10.0. The van der Waals surface area contributed by atoms with Crippen LogP contribution < -0.4 is 0 Å². The van der Waals surface area contributed by atoms with E-state index in [0.717, 1.165) is 28.1 Å². The van der Waals surface area contributed by atoms with Crippen molar-refractivity contribution in [3.05, 3.63) is 78.5 Å². The van der Waals surface area contributed by atoms with Gasteiger partial charge in [-0.15, -0.1) is 0 Å². The van der Waals surface area contributed by atoms with Gasteiger partial charge in [-0.3, -0.25) is 0 Å². The van der Waals surface area contributed by atoms with Gasteiger partial charge >= 0.3 is 0 Å². The number of aromatic nitrogens is 3. The first kappa shape index (κ1) is 16.9. The Kier molecular flexibility index (Phi) is 4.86. The molecule has 0 saturated heterocycles. The Morgan fingerprint density at radius 2 is 1.44 bits per heavy atom. The van der Waals surface area contributed by atoms with Crippen molar-refractivity contribution in [3.8, 4) is 34.4 Å². The van der Waals surface area contributed by atoms with E-state index in [0.29, 0.717) is 17.6 Å². The molecule has 0 aliphatic rings. The summed E-state index contributed by atoms with van der Waals surface area (Å²) in [5.41, 5.74) is 5.67. The Morgan fingerprint density at radius 3 is 2.07 bits per heavy atom. The minimum atomic E-state index is 0.0480. The van der Waals surface area contributed by atoms with E-state index in [1.165, 1.54) is 0 Å². The molecule has 4 heteroatoms. The van der Waals surface area contributed by atoms with Crippen LogP contribution in [0.3, 0.4) is 0 Å². The summed E-state index contributed by atoms with van der Waals surface area (Å²) in [4.78, 5) is 14.1. The second-order valence-corrected chi connectivity index (χ2v) is 5.99. The molecule has 4 aromatic rings. The van der Waals surface area contributed by atoms with Crippen molar-refractivity contribution in [2.24, 2.45) is 0 Å². The van der Waals surface area contributed by atoms with Gasteiger partial charge in [0.15, 0.2) is 5.65 Å². The van der Waals surface area contributed by atoms with E-state index < -0.39 is 0 Å². The first-order valence-electron chi connectivity index (χ1n) is 8.73. The number of nitrogens with zero attached hydrogens (tertiary/aromatic N) is 3. The SMILES string of the molecule is OCCC#Cc1cnc2nc(-c3ccccc3)c(-c3ccccc3)nc2c1. The van der Waals surface area contributed by atoms with E-state index in [2.05, 4.69) is 16.8 Å². The van der Waals surface area contributed by atoms with Crippen molar-refractivity contribution < 1.29 is 5.11 Å². The molecule has 4 rings (SSSR count). The van der Waals surface area contributed by atoms with Gasteiger partial charge in [-0.1, -0.05) is 72.5 Å². The third-order valence-electron chi connectivity index (χ3n) is 4.09. The molecular weight excluding hydrogens is 334 g/mol. The van der Waals surface area contributed by atoms with Crippen LogP contribution in [0.2, 0.25) is 0 Å². The number of benzene rings is 2. The molecule has 2 aromatic carbocycles. The van der Waals surface area contributed by atoms with Gasteiger partial charge in [-0.25, -0.2) is 15.0 Å². The lowest BCUT2D eigenvalue weighted by Gasteiger charge is -2.10. The molecule has 130 valence electrons. The van der Waals surface area contributed by atoms with Gasteiger partial charge in [-0.2, -0.15) is 0 Å². The van der Waals surface area contributed by atoms with Crippen LogP contribution in [-0.4, -0.2) is 26.7 Å². The Balaban J connectivity index is 1.91. The molecule has 0 bridgehead atoms. The molecule has 0 aliphatic carbocycles. The Morgan fingerprint density at radius 1 is 0.815 bits per heavy atom. The molecular formula is C23H17N3O. The zero-order valence-corrected chi connectivity index (χ0v) is 14.6. The summed E-state index contributed by atoms with van der Waals surface area (Å²) in [6, 6.07) is 21.9. The zero-order valence-electron chi connectivity index (χ0n) is 14.6. The summed E-state index contributed by atoms with van der Waals surface area (Å²) in [6.45, 7) is 0.0480. The van der Waals surface area contributed by atoms with Gasteiger partial charge in [0.2, 0.25) is 0 Å². The topological polar surface area (TPSA) is 58.9 Å². The molecule has 0 unspecified atom stereocenters. The van der Waals surface area contributed by atoms with E-state index in [1.54, 1.807) is 6.20 Å².